The average molecular weight is 288 g/mol. The molecule has 0 saturated carbocycles. The van der Waals surface area contributed by atoms with Crippen LogP contribution in [0.2, 0.25) is 0 Å². The Morgan fingerprint density at radius 2 is 2.17 bits per heavy atom. The zero-order chi connectivity index (χ0) is 13.9. The summed E-state index contributed by atoms with van der Waals surface area (Å²) in [7, 11) is 3.39. The van der Waals surface area contributed by atoms with Crippen molar-refractivity contribution < 1.29 is 9.53 Å². The van der Waals surface area contributed by atoms with Crippen LogP contribution in [0.1, 0.15) is 23.5 Å². The second kappa shape index (κ2) is 6.33. The summed E-state index contributed by atoms with van der Waals surface area (Å²) in [5.74, 6) is 0.187. The number of esters is 1. The lowest BCUT2D eigenvalue weighted by atomic mass is 10.2. The molecule has 4 nitrogen and oxygen atoms in total. The van der Waals surface area contributed by atoms with Crippen LogP contribution in [0.4, 0.5) is 10.7 Å². The number of rotatable bonds is 5. The molecule has 0 amide bonds. The number of nitrogen functional groups attached to an aromatic ring is 1. The maximum Gasteiger partial charge on any atom is 0.350 e. The maximum absolute atomic E-state index is 11.6. The van der Waals surface area contributed by atoms with Gasteiger partial charge in [-0.2, -0.15) is 0 Å². The third-order valence-corrected chi connectivity index (χ3v) is 4.69. The van der Waals surface area contributed by atoms with Crippen molar-refractivity contribution in [1.29, 1.82) is 0 Å². The quantitative estimate of drug-likeness (QED) is 0.667. The third kappa shape index (κ3) is 3.11. The Labute approximate surface area is 116 Å². The van der Waals surface area contributed by atoms with Crippen molar-refractivity contribution in [3.05, 3.63) is 4.88 Å². The average Bonchev–Trinajstić information content (AvgIpc) is 2.64. The lowest BCUT2D eigenvalue weighted by molar-refractivity contribution is 0.0607. The Hall–Kier alpha value is -0.880. The van der Waals surface area contributed by atoms with Crippen molar-refractivity contribution in [2.45, 2.75) is 18.7 Å². The second-order valence-corrected chi connectivity index (χ2v) is 6.26. The standard InChI is InChI=1S/C12H20N2O2S2/c1-7(2)6-14(3)11-9(17-5)8(13)10(18-11)12(15)16-4/h7H,6,13H2,1-5H3. The number of thiophene rings is 1. The molecule has 18 heavy (non-hydrogen) atoms. The van der Waals surface area contributed by atoms with E-state index in [1.54, 1.807) is 11.8 Å². The number of methoxy groups -OCH3 is 1. The summed E-state index contributed by atoms with van der Waals surface area (Å²) in [5, 5.41) is 1.04. The van der Waals surface area contributed by atoms with Crippen LogP contribution in [0.3, 0.4) is 0 Å². The summed E-state index contributed by atoms with van der Waals surface area (Å²) < 4.78 is 4.75. The number of nitrogens with zero attached hydrogens (tertiary/aromatic N) is 1. The van der Waals surface area contributed by atoms with Crippen molar-refractivity contribution >= 4 is 39.8 Å². The molecule has 0 aliphatic carbocycles. The number of hydrogen-bond acceptors (Lipinski definition) is 6. The molecular weight excluding hydrogens is 268 g/mol. The molecule has 0 bridgehead atoms. The van der Waals surface area contributed by atoms with E-state index in [1.807, 2.05) is 13.3 Å². The fourth-order valence-corrected chi connectivity index (χ4v) is 3.84. The number of carbonyl (C=O) groups is 1. The molecule has 0 saturated heterocycles. The van der Waals surface area contributed by atoms with Gasteiger partial charge in [0.05, 0.1) is 17.7 Å². The number of ether oxygens (including phenoxy) is 1. The molecule has 1 aromatic heterocycles. The smallest absolute Gasteiger partial charge is 0.350 e. The molecule has 0 unspecified atom stereocenters. The number of thioether (sulfide) groups is 1. The molecule has 2 N–H and O–H groups in total. The predicted molar refractivity (Wildman–Crippen MR) is 80.0 cm³/mol. The fraction of sp³-hybridized carbons (Fsp3) is 0.583. The topological polar surface area (TPSA) is 55.6 Å². The first-order valence-electron chi connectivity index (χ1n) is 5.68. The highest BCUT2D eigenvalue weighted by atomic mass is 32.2. The van der Waals surface area contributed by atoms with Crippen LogP contribution in [0, 0.1) is 5.92 Å². The minimum absolute atomic E-state index is 0.364. The summed E-state index contributed by atoms with van der Waals surface area (Å²) >= 11 is 2.96. The van der Waals surface area contributed by atoms with Gasteiger partial charge in [0, 0.05) is 13.6 Å². The number of nitrogens with two attached hydrogens (primary N) is 1. The van der Waals surface area contributed by atoms with Crippen LogP contribution in [0.25, 0.3) is 0 Å². The zero-order valence-electron chi connectivity index (χ0n) is 11.4. The first-order chi connectivity index (χ1) is 8.42. The normalized spacial score (nSPS) is 10.8. The molecule has 0 aromatic carbocycles. The Morgan fingerprint density at radius 3 is 2.61 bits per heavy atom. The van der Waals surface area contributed by atoms with Gasteiger partial charge in [-0.3, -0.25) is 0 Å². The van der Waals surface area contributed by atoms with Crippen molar-refractivity contribution in [1.82, 2.24) is 0 Å². The lowest BCUT2D eigenvalue weighted by Crippen LogP contribution is -2.21. The summed E-state index contributed by atoms with van der Waals surface area (Å²) in [4.78, 5) is 15.2. The minimum atomic E-state index is -0.364. The van der Waals surface area contributed by atoms with Gasteiger partial charge in [0.2, 0.25) is 0 Å². The summed E-state index contributed by atoms with van der Waals surface area (Å²) in [6.45, 7) is 5.25. The van der Waals surface area contributed by atoms with Gasteiger partial charge in [-0.1, -0.05) is 13.8 Å². The third-order valence-electron chi connectivity index (χ3n) is 2.44. The van der Waals surface area contributed by atoms with Gasteiger partial charge in [-0.15, -0.1) is 23.1 Å². The molecule has 0 aliphatic rings. The van der Waals surface area contributed by atoms with E-state index in [0.717, 1.165) is 16.4 Å². The van der Waals surface area contributed by atoms with Crippen molar-refractivity contribution in [2.75, 3.05) is 37.6 Å². The Bertz CT molecular complexity index is 430. The minimum Gasteiger partial charge on any atom is -0.465 e. The van der Waals surface area contributed by atoms with Gasteiger partial charge < -0.3 is 15.4 Å². The van der Waals surface area contributed by atoms with Crippen molar-refractivity contribution in [3.8, 4) is 0 Å². The van der Waals surface area contributed by atoms with Gasteiger partial charge in [0.15, 0.2) is 0 Å². The molecule has 0 fully saturated rings. The molecule has 0 spiro atoms. The Balaban J connectivity index is 3.15. The van der Waals surface area contributed by atoms with E-state index in [2.05, 4.69) is 18.7 Å². The van der Waals surface area contributed by atoms with Crippen molar-refractivity contribution in [3.63, 3.8) is 0 Å². The number of carbonyl (C=O) groups excluding carboxylic acids is 1. The van der Waals surface area contributed by atoms with Crippen LogP contribution in [-0.2, 0) is 4.74 Å². The van der Waals surface area contributed by atoms with Gasteiger partial charge >= 0.3 is 5.97 Å². The predicted octanol–water partition coefficient (Wildman–Crippen LogP) is 2.93. The van der Waals surface area contributed by atoms with Crippen molar-refractivity contribution in [2.24, 2.45) is 5.92 Å². The van der Waals surface area contributed by atoms with E-state index in [9.17, 15) is 4.79 Å². The molecule has 1 heterocycles. The highest BCUT2D eigenvalue weighted by molar-refractivity contribution is 7.99. The van der Waals surface area contributed by atoms with Gasteiger partial charge in [0.1, 0.15) is 9.88 Å². The van der Waals surface area contributed by atoms with E-state index in [-0.39, 0.29) is 5.97 Å². The van der Waals surface area contributed by atoms with Crippen LogP contribution < -0.4 is 10.6 Å². The van der Waals surface area contributed by atoms with E-state index < -0.39 is 0 Å². The van der Waals surface area contributed by atoms with Crippen LogP contribution in [0.5, 0.6) is 0 Å². The monoisotopic (exact) mass is 288 g/mol. The fourth-order valence-electron chi connectivity index (χ4n) is 1.74. The van der Waals surface area contributed by atoms with Crippen LogP contribution in [-0.4, -0.2) is 32.9 Å². The first-order valence-corrected chi connectivity index (χ1v) is 7.72. The lowest BCUT2D eigenvalue weighted by Gasteiger charge is -2.20. The molecule has 1 aromatic rings. The first kappa shape index (κ1) is 15.2. The van der Waals surface area contributed by atoms with Gasteiger partial charge in [-0.05, 0) is 12.2 Å². The van der Waals surface area contributed by atoms with Crippen LogP contribution in [0.15, 0.2) is 4.90 Å². The number of hydrogen-bond donors (Lipinski definition) is 1. The SMILES string of the molecule is COC(=O)c1sc(N(C)CC(C)C)c(SC)c1N. The maximum atomic E-state index is 11.6. The Kier molecular flexibility index (Phi) is 5.34. The zero-order valence-corrected chi connectivity index (χ0v) is 13.1. The van der Waals surface area contributed by atoms with Gasteiger partial charge in [-0.25, -0.2) is 4.79 Å². The summed E-state index contributed by atoms with van der Waals surface area (Å²) in [6, 6.07) is 0. The summed E-state index contributed by atoms with van der Waals surface area (Å²) in [6.07, 6.45) is 1.96. The highest BCUT2D eigenvalue weighted by Crippen LogP contribution is 2.43. The Morgan fingerprint density at radius 1 is 1.56 bits per heavy atom. The number of anilines is 2. The second-order valence-electron chi connectivity index (χ2n) is 4.45. The molecule has 0 aliphatic heterocycles. The van der Waals surface area contributed by atoms with Gasteiger partial charge in [0.25, 0.3) is 0 Å². The largest absolute Gasteiger partial charge is 0.465 e. The van der Waals surface area contributed by atoms with E-state index in [1.165, 1.54) is 18.4 Å². The molecule has 102 valence electrons. The van der Waals surface area contributed by atoms with E-state index in [0.29, 0.717) is 16.5 Å². The molecule has 0 radical (unpaired) electrons. The van der Waals surface area contributed by atoms with Crippen LogP contribution >= 0.6 is 23.1 Å². The summed E-state index contributed by atoms with van der Waals surface area (Å²) in [5.41, 5.74) is 6.55. The molecule has 1 rings (SSSR count). The van der Waals surface area contributed by atoms with E-state index in [4.69, 9.17) is 10.5 Å². The van der Waals surface area contributed by atoms with E-state index >= 15 is 0 Å². The molecule has 6 heteroatoms. The molecular formula is C12H20N2O2S2. The molecule has 0 atom stereocenters. The highest BCUT2D eigenvalue weighted by Gasteiger charge is 2.23.